The molecule has 2 rings (SSSR count). The summed E-state index contributed by atoms with van der Waals surface area (Å²) in [6, 6.07) is 19.2. The summed E-state index contributed by atoms with van der Waals surface area (Å²) >= 11 is 0. The average molecular weight is 311 g/mol. The first-order valence-electron chi connectivity index (χ1n) is 8.09. The lowest BCUT2D eigenvalue weighted by atomic mass is 9.66. The highest BCUT2D eigenvalue weighted by molar-refractivity contribution is 5.89. The zero-order chi connectivity index (χ0) is 16.9. The molecule has 0 heterocycles. The average Bonchev–Trinajstić information content (AvgIpc) is 2.57. The van der Waals surface area contributed by atoms with Gasteiger partial charge in [0.2, 0.25) is 0 Å². The second-order valence-corrected chi connectivity index (χ2v) is 5.84. The van der Waals surface area contributed by atoms with Crippen LogP contribution in [0.25, 0.3) is 0 Å². The molecule has 0 saturated heterocycles. The number of Topliss-reactive ketones (excluding diaryl/α,β-unsaturated/α-hetero) is 1. The predicted octanol–water partition coefficient (Wildman–Crippen LogP) is 4.07. The third-order valence-corrected chi connectivity index (χ3v) is 4.69. The highest BCUT2D eigenvalue weighted by Gasteiger charge is 2.53. The van der Waals surface area contributed by atoms with Crippen molar-refractivity contribution in [2.75, 3.05) is 0 Å². The first kappa shape index (κ1) is 17.2. The first-order valence-corrected chi connectivity index (χ1v) is 8.09. The van der Waals surface area contributed by atoms with Crippen molar-refractivity contribution < 1.29 is 9.53 Å². The summed E-state index contributed by atoms with van der Waals surface area (Å²) in [5, 5.41) is 0. The number of carbonyl (C=O) groups excluding carboxylic acids is 1. The largest absolute Gasteiger partial charge is 0.472 e. The quantitative estimate of drug-likeness (QED) is 0.784. The Bertz CT molecular complexity index is 641. The van der Waals surface area contributed by atoms with Crippen LogP contribution in [0.1, 0.15) is 39.2 Å². The molecule has 2 aromatic carbocycles. The molecule has 2 unspecified atom stereocenters. The van der Waals surface area contributed by atoms with Crippen LogP contribution in [0.3, 0.4) is 0 Å². The van der Waals surface area contributed by atoms with Crippen molar-refractivity contribution in [3.8, 4) is 5.75 Å². The van der Waals surface area contributed by atoms with Crippen LogP contribution in [0.4, 0.5) is 0 Å². The van der Waals surface area contributed by atoms with Crippen molar-refractivity contribution in [2.45, 2.75) is 44.8 Å². The molecule has 23 heavy (non-hydrogen) atoms. The predicted molar refractivity (Wildman–Crippen MR) is 93.4 cm³/mol. The van der Waals surface area contributed by atoms with E-state index in [0.717, 1.165) is 5.56 Å². The Morgan fingerprint density at radius 1 is 0.957 bits per heavy atom. The zero-order valence-electron chi connectivity index (χ0n) is 14.1. The third-order valence-electron chi connectivity index (χ3n) is 4.69. The van der Waals surface area contributed by atoms with Gasteiger partial charge in [-0.05, 0) is 37.5 Å². The Balaban J connectivity index is 2.57. The number of hydrogen-bond donors (Lipinski definition) is 1. The van der Waals surface area contributed by atoms with E-state index in [1.807, 2.05) is 74.5 Å². The second kappa shape index (κ2) is 6.97. The summed E-state index contributed by atoms with van der Waals surface area (Å²) in [4.78, 5) is 12.7. The van der Waals surface area contributed by atoms with Gasteiger partial charge in [-0.3, -0.25) is 10.5 Å². The van der Waals surface area contributed by atoms with Gasteiger partial charge in [-0.2, -0.15) is 0 Å². The van der Waals surface area contributed by atoms with E-state index in [1.54, 1.807) is 6.92 Å². The van der Waals surface area contributed by atoms with Crippen molar-refractivity contribution >= 4 is 5.78 Å². The van der Waals surface area contributed by atoms with E-state index in [-0.39, 0.29) is 5.78 Å². The number of hydrogen-bond acceptors (Lipinski definition) is 3. The Kier molecular flexibility index (Phi) is 5.22. The van der Waals surface area contributed by atoms with Crippen LogP contribution in [0.2, 0.25) is 0 Å². The molecular formula is C20H25NO2. The van der Waals surface area contributed by atoms with Gasteiger partial charge in [0.05, 0.1) is 0 Å². The van der Waals surface area contributed by atoms with Gasteiger partial charge in [-0.1, -0.05) is 62.4 Å². The smallest absolute Gasteiger partial charge is 0.174 e. The monoisotopic (exact) mass is 311 g/mol. The minimum atomic E-state index is -1.11. The molecule has 3 heteroatoms. The van der Waals surface area contributed by atoms with Crippen LogP contribution in [0.15, 0.2) is 60.7 Å². The summed E-state index contributed by atoms with van der Waals surface area (Å²) in [6.07, 6.45) is 1.09. The molecule has 0 aromatic heterocycles. The number of para-hydroxylation sites is 1. The highest BCUT2D eigenvalue weighted by atomic mass is 16.5. The van der Waals surface area contributed by atoms with Crippen molar-refractivity contribution in [1.29, 1.82) is 0 Å². The number of ketones is 1. The number of ether oxygens (including phenoxy) is 1. The van der Waals surface area contributed by atoms with Crippen molar-refractivity contribution in [3.05, 3.63) is 66.2 Å². The number of carbonyl (C=O) groups is 1. The SMILES string of the molecule is CCC(N)(Oc1ccccc1)C(CC)(C(C)=O)c1ccccc1. The van der Waals surface area contributed by atoms with Gasteiger partial charge >= 0.3 is 0 Å². The maximum absolute atomic E-state index is 12.7. The highest BCUT2D eigenvalue weighted by Crippen LogP contribution is 2.41. The standard InChI is InChI=1S/C20H25NO2/c1-4-19(16(3)22,17-12-8-6-9-13-17)20(21,5-2)23-18-14-10-7-11-15-18/h6-15H,4-5,21H2,1-3H3. The molecule has 0 bridgehead atoms. The van der Waals surface area contributed by atoms with E-state index in [0.29, 0.717) is 18.6 Å². The fraction of sp³-hybridized carbons (Fsp3) is 0.350. The van der Waals surface area contributed by atoms with Crippen LogP contribution in [-0.2, 0) is 10.2 Å². The Morgan fingerprint density at radius 3 is 1.91 bits per heavy atom. The summed E-state index contributed by atoms with van der Waals surface area (Å²) in [6.45, 7) is 5.54. The van der Waals surface area contributed by atoms with Crippen molar-refractivity contribution in [1.82, 2.24) is 0 Å². The maximum Gasteiger partial charge on any atom is 0.174 e. The van der Waals surface area contributed by atoms with E-state index in [2.05, 4.69) is 0 Å². The van der Waals surface area contributed by atoms with Gasteiger partial charge in [-0.25, -0.2) is 0 Å². The summed E-state index contributed by atoms with van der Waals surface area (Å²) in [7, 11) is 0. The Hall–Kier alpha value is -2.13. The summed E-state index contributed by atoms with van der Waals surface area (Å²) < 4.78 is 6.18. The molecule has 0 fully saturated rings. The second-order valence-electron chi connectivity index (χ2n) is 5.84. The van der Waals surface area contributed by atoms with Gasteiger partial charge in [-0.15, -0.1) is 0 Å². The zero-order valence-corrected chi connectivity index (χ0v) is 14.1. The number of nitrogens with two attached hydrogens (primary N) is 1. The van der Waals surface area contributed by atoms with E-state index >= 15 is 0 Å². The van der Waals surface area contributed by atoms with Gasteiger partial charge in [0.1, 0.15) is 16.9 Å². The number of rotatable bonds is 7. The molecule has 0 saturated carbocycles. The van der Waals surface area contributed by atoms with Crippen LogP contribution in [-0.4, -0.2) is 11.5 Å². The lowest BCUT2D eigenvalue weighted by Gasteiger charge is -2.46. The molecule has 2 aromatic rings. The van der Waals surface area contributed by atoms with Gasteiger partial charge in [0, 0.05) is 0 Å². The molecular weight excluding hydrogens is 286 g/mol. The first-order chi connectivity index (χ1) is 11.0. The maximum atomic E-state index is 12.7. The van der Waals surface area contributed by atoms with Gasteiger partial charge in [0.15, 0.2) is 5.72 Å². The third kappa shape index (κ3) is 3.02. The molecule has 0 radical (unpaired) electrons. The van der Waals surface area contributed by atoms with Gasteiger partial charge < -0.3 is 4.74 Å². The van der Waals surface area contributed by atoms with Crippen LogP contribution >= 0.6 is 0 Å². The van der Waals surface area contributed by atoms with Crippen LogP contribution < -0.4 is 10.5 Å². The molecule has 2 N–H and O–H groups in total. The van der Waals surface area contributed by atoms with Crippen molar-refractivity contribution in [2.24, 2.45) is 5.73 Å². The van der Waals surface area contributed by atoms with Crippen LogP contribution in [0.5, 0.6) is 5.75 Å². The normalized spacial score (nSPS) is 16.2. The lowest BCUT2D eigenvalue weighted by Crippen LogP contribution is -2.64. The molecule has 0 aliphatic rings. The van der Waals surface area contributed by atoms with Crippen LogP contribution in [0, 0.1) is 0 Å². The fourth-order valence-electron chi connectivity index (χ4n) is 3.38. The molecule has 0 aliphatic carbocycles. The molecule has 2 atom stereocenters. The fourth-order valence-corrected chi connectivity index (χ4v) is 3.38. The molecule has 0 spiro atoms. The topological polar surface area (TPSA) is 52.3 Å². The Labute approximate surface area is 138 Å². The molecule has 3 nitrogen and oxygen atoms in total. The van der Waals surface area contributed by atoms with E-state index in [4.69, 9.17) is 10.5 Å². The van der Waals surface area contributed by atoms with E-state index < -0.39 is 11.1 Å². The summed E-state index contributed by atoms with van der Waals surface area (Å²) in [5.74, 6) is 0.693. The lowest BCUT2D eigenvalue weighted by molar-refractivity contribution is -0.133. The van der Waals surface area contributed by atoms with E-state index in [1.165, 1.54) is 0 Å². The minimum absolute atomic E-state index is 0.0199. The Morgan fingerprint density at radius 2 is 1.48 bits per heavy atom. The number of benzene rings is 2. The summed E-state index contributed by atoms with van der Waals surface area (Å²) in [5.41, 5.74) is 5.60. The van der Waals surface area contributed by atoms with Crippen molar-refractivity contribution in [3.63, 3.8) is 0 Å². The molecule has 122 valence electrons. The molecule has 0 amide bonds. The molecule has 0 aliphatic heterocycles. The van der Waals surface area contributed by atoms with E-state index in [9.17, 15) is 4.79 Å². The minimum Gasteiger partial charge on any atom is -0.472 e. The van der Waals surface area contributed by atoms with Gasteiger partial charge in [0.25, 0.3) is 0 Å².